The van der Waals surface area contributed by atoms with Crippen LogP contribution in [0.2, 0.25) is 0 Å². The molecule has 1 heterocycles. The van der Waals surface area contributed by atoms with Gasteiger partial charge < -0.3 is 24.1 Å². The molecule has 7 nitrogen and oxygen atoms in total. The molecule has 3 aromatic rings. The van der Waals surface area contributed by atoms with Gasteiger partial charge in [0.05, 0.1) is 26.4 Å². The Hall–Kier alpha value is -3.48. The Bertz CT molecular complexity index is 984. The Morgan fingerprint density at radius 1 is 0.935 bits per heavy atom. The summed E-state index contributed by atoms with van der Waals surface area (Å²) < 4.78 is 22.5. The third-order valence-corrected chi connectivity index (χ3v) is 4.50. The Balaban J connectivity index is 1.74. The zero-order chi connectivity index (χ0) is 22.2. The molecule has 0 atom stereocenters. The van der Waals surface area contributed by atoms with Gasteiger partial charge in [-0.3, -0.25) is 4.79 Å². The van der Waals surface area contributed by atoms with E-state index in [2.05, 4.69) is 10.5 Å². The highest BCUT2D eigenvalue weighted by Gasteiger charge is 2.18. The molecule has 1 N–H and O–H groups in total. The lowest BCUT2D eigenvalue weighted by molar-refractivity contribution is 0.0949. The maximum absolute atomic E-state index is 12.8. The minimum Gasteiger partial charge on any atom is -0.490 e. The van der Waals surface area contributed by atoms with E-state index in [9.17, 15) is 4.79 Å². The van der Waals surface area contributed by atoms with Gasteiger partial charge in [-0.15, -0.1) is 0 Å². The quantitative estimate of drug-likeness (QED) is 0.504. The summed E-state index contributed by atoms with van der Waals surface area (Å²) >= 11 is 0. The average Bonchev–Trinajstić information content (AvgIpc) is 3.24. The second-order valence-electron chi connectivity index (χ2n) is 6.83. The average molecular weight is 424 g/mol. The van der Waals surface area contributed by atoms with Crippen LogP contribution in [0.3, 0.4) is 0 Å². The lowest BCUT2D eigenvalue weighted by Gasteiger charge is -2.17. The van der Waals surface area contributed by atoms with Crippen molar-refractivity contribution in [2.45, 2.75) is 34.2 Å². The molecule has 3 rings (SSSR count). The molecule has 1 aromatic heterocycles. The smallest absolute Gasteiger partial charge is 0.251 e. The van der Waals surface area contributed by atoms with Crippen LogP contribution >= 0.6 is 0 Å². The van der Waals surface area contributed by atoms with Gasteiger partial charge in [0.1, 0.15) is 5.69 Å². The number of hydrogen-bond acceptors (Lipinski definition) is 6. The number of nitrogens with one attached hydrogen (secondary N) is 1. The van der Waals surface area contributed by atoms with Crippen molar-refractivity contribution in [1.82, 2.24) is 10.5 Å². The molecule has 1 amide bonds. The molecular weight excluding hydrogens is 396 g/mol. The van der Waals surface area contributed by atoms with Crippen LogP contribution in [0.4, 0.5) is 0 Å². The van der Waals surface area contributed by atoms with Gasteiger partial charge in [0, 0.05) is 17.2 Å². The second-order valence-corrected chi connectivity index (χ2v) is 6.83. The molecule has 0 fully saturated rings. The number of nitrogens with zero attached hydrogens (tertiary/aromatic N) is 1. The van der Waals surface area contributed by atoms with E-state index < -0.39 is 0 Å². The number of carbonyl (C=O) groups is 1. The number of hydrogen-bond donors (Lipinski definition) is 1. The number of ether oxygens (including phenoxy) is 3. The molecule has 0 saturated heterocycles. The normalized spacial score (nSPS) is 10.6. The van der Waals surface area contributed by atoms with Crippen molar-refractivity contribution in [2.24, 2.45) is 0 Å². The van der Waals surface area contributed by atoms with E-state index in [1.165, 1.54) is 5.56 Å². The first-order valence-electron chi connectivity index (χ1n) is 10.4. The van der Waals surface area contributed by atoms with Crippen LogP contribution < -0.4 is 19.5 Å². The lowest BCUT2D eigenvalue weighted by atomic mass is 10.1. The summed E-state index contributed by atoms with van der Waals surface area (Å²) in [4.78, 5) is 12.8. The fourth-order valence-corrected chi connectivity index (χ4v) is 3.04. The summed E-state index contributed by atoms with van der Waals surface area (Å²) in [5.74, 6) is 1.83. The zero-order valence-electron chi connectivity index (χ0n) is 18.4. The molecule has 0 unspecified atom stereocenters. The minimum absolute atomic E-state index is 0.231. The maximum atomic E-state index is 12.8. The van der Waals surface area contributed by atoms with Crippen LogP contribution in [0.25, 0.3) is 11.3 Å². The first-order valence-corrected chi connectivity index (χ1v) is 10.4. The van der Waals surface area contributed by atoms with Crippen LogP contribution in [-0.4, -0.2) is 30.9 Å². The van der Waals surface area contributed by atoms with Gasteiger partial charge in [0.25, 0.3) is 5.91 Å². The number of amides is 1. The molecule has 0 saturated carbocycles. The van der Waals surface area contributed by atoms with Crippen molar-refractivity contribution in [3.05, 3.63) is 59.3 Å². The fourth-order valence-electron chi connectivity index (χ4n) is 3.04. The standard InChI is InChI=1S/C24H28N2O5/c1-5-28-21-12-18(13-22(29-6-2)23(21)30-7-3)24(27)25-15-19-14-20(31-26-19)17-10-8-16(4)9-11-17/h8-14H,5-7,15H2,1-4H3,(H,25,27). The molecule has 0 aliphatic heterocycles. The first-order chi connectivity index (χ1) is 15.0. The largest absolute Gasteiger partial charge is 0.490 e. The van der Waals surface area contributed by atoms with Gasteiger partial charge in [0.2, 0.25) is 5.75 Å². The van der Waals surface area contributed by atoms with E-state index in [0.717, 1.165) is 5.56 Å². The second kappa shape index (κ2) is 10.5. The summed E-state index contributed by atoms with van der Waals surface area (Å²) in [6.45, 7) is 9.23. The van der Waals surface area contributed by atoms with Gasteiger partial charge in [-0.05, 0) is 39.8 Å². The summed E-state index contributed by atoms with van der Waals surface area (Å²) in [6.07, 6.45) is 0. The molecule has 0 spiro atoms. The molecule has 0 bridgehead atoms. The van der Waals surface area contributed by atoms with Crippen molar-refractivity contribution >= 4 is 5.91 Å². The van der Waals surface area contributed by atoms with E-state index in [0.29, 0.717) is 54.1 Å². The van der Waals surface area contributed by atoms with Crippen molar-refractivity contribution in [2.75, 3.05) is 19.8 Å². The van der Waals surface area contributed by atoms with Crippen molar-refractivity contribution in [3.8, 4) is 28.6 Å². The Labute approximate surface area is 182 Å². The maximum Gasteiger partial charge on any atom is 0.251 e. The Morgan fingerprint density at radius 2 is 1.55 bits per heavy atom. The van der Waals surface area contributed by atoms with Crippen LogP contribution in [0.15, 0.2) is 47.0 Å². The molecule has 31 heavy (non-hydrogen) atoms. The van der Waals surface area contributed by atoms with Gasteiger partial charge in [0.15, 0.2) is 17.3 Å². The summed E-state index contributed by atoms with van der Waals surface area (Å²) in [5, 5.41) is 6.92. The van der Waals surface area contributed by atoms with Crippen LogP contribution in [0.1, 0.15) is 42.4 Å². The van der Waals surface area contributed by atoms with Crippen LogP contribution in [0, 0.1) is 6.92 Å². The van der Waals surface area contributed by atoms with E-state index in [-0.39, 0.29) is 12.5 Å². The number of aryl methyl sites for hydroxylation is 1. The first kappa shape index (κ1) is 22.2. The van der Waals surface area contributed by atoms with Gasteiger partial charge in [-0.2, -0.15) is 0 Å². The summed E-state index contributed by atoms with van der Waals surface area (Å²) in [6, 6.07) is 13.1. The molecule has 0 aliphatic rings. The molecule has 2 aromatic carbocycles. The zero-order valence-corrected chi connectivity index (χ0v) is 18.4. The predicted molar refractivity (Wildman–Crippen MR) is 118 cm³/mol. The summed E-state index contributed by atoms with van der Waals surface area (Å²) in [7, 11) is 0. The molecular formula is C24H28N2O5. The van der Waals surface area contributed by atoms with Gasteiger partial charge in [-0.1, -0.05) is 35.0 Å². The molecule has 0 radical (unpaired) electrons. The highest BCUT2D eigenvalue weighted by atomic mass is 16.5. The minimum atomic E-state index is -0.273. The third-order valence-electron chi connectivity index (χ3n) is 4.50. The number of rotatable bonds is 10. The SMILES string of the molecule is CCOc1cc(C(=O)NCc2cc(-c3ccc(C)cc3)on2)cc(OCC)c1OCC. The van der Waals surface area contributed by atoms with Crippen LogP contribution in [0.5, 0.6) is 17.2 Å². The predicted octanol–water partition coefficient (Wildman–Crippen LogP) is 4.78. The molecule has 0 aliphatic carbocycles. The van der Waals surface area contributed by atoms with Gasteiger partial charge in [-0.25, -0.2) is 0 Å². The van der Waals surface area contributed by atoms with Crippen molar-refractivity contribution < 1.29 is 23.5 Å². The van der Waals surface area contributed by atoms with E-state index >= 15 is 0 Å². The number of aromatic nitrogens is 1. The van der Waals surface area contributed by atoms with Gasteiger partial charge >= 0.3 is 0 Å². The number of benzene rings is 2. The Kier molecular flexibility index (Phi) is 7.54. The monoisotopic (exact) mass is 424 g/mol. The third kappa shape index (κ3) is 5.57. The highest BCUT2D eigenvalue weighted by Crippen LogP contribution is 2.39. The Morgan fingerprint density at radius 3 is 2.13 bits per heavy atom. The lowest BCUT2D eigenvalue weighted by Crippen LogP contribution is -2.23. The van der Waals surface area contributed by atoms with Crippen LogP contribution in [-0.2, 0) is 6.54 Å². The highest BCUT2D eigenvalue weighted by molar-refractivity contribution is 5.95. The molecule has 164 valence electrons. The van der Waals surface area contributed by atoms with E-state index in [1.807, 2.05) is 58.0 Å². The van der Waals surface area contributed by atoms with Crippen molar-refractivity contribution in [3.63, 3.8) is 0 Å². The van der Waals surface area contributed by atoms with Crippen molar-refractivity contribution in [1.29, 1.82) is 0 Å². The van der Waals surface area contributed by atoms with E-state index in [1.54, 1.807) is 12.1 Å². The fraction of sp³-hybridized carbons (Fsp3) is 0.333. The number of carbonyl (C=O) groups excluding carboxylic acids is 1. The molecule has 7 heteroatoms. The van der Waals surface area contributed by atoms with E-state index in [4.69, 9.17) is 18.7 Å². The topological polar surface area (TPSA) is 82.8 Å². The summed E-state index contributed by atoms with van der Waals surface area (Å²) in [5.41, 5.74) is 3.15.